The Morgan fingerprint density at radius 3 is 2.82 bits per heavy atom. The van der Waals surface area contributed by atoms with Crippen molar-refractivity contribution in [1.29, 1.82) is 0 Å². The molecule has 1 atom stereocenters. The Kier molecular flexibility index (Phi) is 6.22. The van der Waals surface area contributed by atoms with Crippen molar-refractivity contribution in [2.45, 2.75) is 19.9 Å². The summed E-state index contributed by atoms with van der Waals surface area (Å²) in [4.78, 5) is 25.5. The molecule has 1 fully saturated rings. The van der Waals surface area contributed by atoms with Crippen LogP contribution in [-0.4, -0.2) is 51.9 Å². The van der Waals surface area contributed by atoms with Crippen LogP contribution in [0.3, 0.4) is 0 Å². The van der Waals surface area contributed by atoms with Gasteiger partial charge < -0.3 is 9.88 Å². The van der Waals surface area contributed by atoms with Gasteiger partial charge in [-0.2, -0.15) is 0 Å². The average Bonchev–Trinajstić information content (AvgIpc) is 3.27. The molecule has 2 aromatic carbocycles. The first-order valence-corrected chi connectivity index (χ1v) is 11.8. The Hall–Kier alpha value is -3.44. The first kappa shape index (κ1) is 21.4. The van der Waals surface area contributed by atoms with Crippen LogP contribution >= 0.6 is 0 Å². The molecule has 5 rings (SSSR count). The van der Waals surface area contributed by atoms with Crippen molar-refractivity contribution < 1.29 is 4.79 Å². The number of pyridine rings is 1. The average molecular weight is 439 g/mol. The lowest BCUT2D eigenvalue weighted by Gasteiger charge is -2.24. The standard InChI is InChI=1S/C28H30N4O/c1-2-32-15-14-31(19-21-9-10-27-23(16-21)11-13-30-27)20-25(28(32)33)17-22-6-3-4-8-26(22)24-7-5-12-29-18-24/h3-13,16,18,25,30H,2,14-15,17,19-20H2,1H3/t25-/m0/s1. The topological polar surface area (TPSA) is 52.2 Å². The molecule has 4 aromatic rings. The summed E-state index contributed by atoms with van der Waals surface area (Å²) < 4.78 is 0. The maximum absolute atomic E-state index is 13.4. The van der Waals surface area contributed by atoms with Gasteiger partial charge in [-0.05, 0) is 59.7 Å². The maximum atomic E-state index is 13.4. The van der Waals surface area contributed by atoms with Gasteiger partial charge in [0.15, 0.2) is 0 Å². The molecule has 33 heavy (non-hydrogen) atoms. The third-order valence-corrected chi connectivity index (χ3v) is 6.69. The molecule has 1 saturated heterocycles. The van der Waals surface area contributed by atoms with Gasteiger partial charge in [0, 0.05) is 62.4 Å². The zero-order valence-electron chi connectivity index (χ0n) is 19.1. The van der Waals surface area contributed by atoms with E-state index in [2.05, 4.69) is 76.4 Å². The summed E-state index contributed by atoms with van der Waals surface area (Å²) in [7, 11) is 0. The molecule has 1 N–H and O–H groups in total. The number of fused-ring (bicyclic) bond motifs is 1. The number of aromatic nitrogens is 2. The van der Waals surface area contributed by atoms with Crippen LogP contribution < -0.4 is 0 Å². The van der Waals surface area contributed by atoms with E-state index in [4.69, 9.17) is 0 Å². The van der Waals surface area contributed by atoms with Gasteiger partial charge >= 0.3 is 0 Å². The number of hydrogen-bond acceptors (Lipinski definition) is 3. The summed E-state index contributed by atoms with van der Waals surface area (Å²) in [6.07, 6.45) is 6.40. The normalized spacial score (nSPS) is 17.4. The molecule has 1 amide bonds. The minimum absolute atomic E-state index is 0.0683. The highest BCUT2D eigenvalue weighted by Gasteiger charge is 2.30. The van der Waals surface area contributed by atoms with E-state index in [1.165, 1.54) is 16.5 Å². The Morgan fingerprint density at radius 2 is 1.97 bits per heavy atom. The molecule has 0 radical (unpaired) electrons. The maximum Gasteiger partial charge on any atom is 0.227 e. The predicted molar refractivity (Wildman–Crippen MR) is 133 cm³/mol. The quantitative estimate of drug-likeness (QED) is 0.473. The van der Waals surface area contributed by atoms with Gasteiger partial charge in [-0.15, -0.1) is 0 Å². The summed E-state index contributed by atoms with van der Waals surface area (Å²) in [5.74, 6) is 0.198. The van der Waals surface area contributed by atoms with E-state index >= 15 is 0 Å². The molecule has 0 spiro atoms. The third-order valence-electron chi connectivity index (χ3n) is 6.69. The second kappa shape index (κ2) is 9.59. The van der Waals surface area contributed by atoms with Crippen LogP contribution in [0, 0.1) is 5.92 Å². The number of hydrogen-bond donors (Lipinski definition) is 1. The lowest BCUT2D eigenvalue weighted by Crippen LogP contribution is -2.37. The Labute approximate surface area is 195 Å². The van der Waals surface area contributed by atoms with Crippen LogP contribution in [0.15, 0.2) is 79.3 Å². The van der Waals surface area contributed by atoms with Crippen molar-refractivity contribution in [1.82, 2.24) is 19.8 Å². The van der Waals surface area contributed by atoms with Crippen LogP contribution in [0.4, 0.5) is 0 Å². The molecular weight excluding hydrogens is 408 g/mol. The van der Waals surface area contributed by atoms with Crippen molar-refractivity contribution >= 4 is 16.8 Å². The molecule has 5 heteroatoms. The highest BCUT2D eigenvalue weighted by atomic mass is 16.2. The monoisotopic (exact) mass is 438 g/mol. The number of nitrogens with zero attached hydrogens (tertiary/aromatic N) is 3. The molecule has 1 aliphatic rings. The Bertz CT molecular complexity index is 1230. The number of likely N-dealkylation sites (N-methyl/N-ethyl adjacent to an activating group) is 1. The lowest BCUT2D eigenvalue weighted by atomic mass is 9.91. The minimum atomic E-state index is -0.0683. The second-order valence-corrected chi connectivity index (χ2v) is 8.85. The van der Waals surface area contributed by atoms with E-state index in [1.807, 2.05) is 23.4 Å². The van der Waals surface area contributed by atoms with Gasteiger partial charge in [-0.25, -0.2) is 0 Å². The van der Waals surface area contributed by atoms with Crippen LogP contribution in [0.5, 0.6) is 0 Å². The van der Waals surface area contributed by atoms with Crippen molar-refractivity contribution in [2.24, 2.45) is 5.92 Å². The zero-order valence-corrected chi connectivity index (χ0v) is 19.1. The van der Waals surface area contributed by atoms with Gasteiger partial charge in [0.1, 0.15) is 0 Å². The predicted octanol–water partition coefficient (Wildman–Crippen LogP) is 4.75. The summed E-state index contributed by atoms with van der Waals surface area (Å²) in [5.41, 5.74) is 5.91. The number of benzene rings is 2. The second-order valence-electron chi connectivity index (χ2n) is 8.85. The molecule has 2 aromatic heterocycles. The molecule has 0 unspecified atom stereocenters. The summed E-state index contributed by atoms with van der Waals surface area (Å²) in [6, 6.07) is 21.2. The largest absolute Gasteiger partial charge is 0.361 e. The first-order chi connectivity index (χ1) is 16.2. The van der Waals surface area contributed by atoms with Crippen molar-refractivity contribution in [3.05, 3.63) is 90.4 Å². The third kappa shape index (κ3) is 4.69. The van der Waals surface area contributed by atoms with E-state index in [0.717, 1.165) is 55.8 Å². The fourth-order valence-corrected chi connectivity index (χ4v) is 4.95. The lowest BCUT2D eigenvalue weighted by molar-refractivity contribution is -0.134. The molecule has 0 saturated carbocycles. The van der Waals surface area contributed by atoms with E-state index in [9.17, 15) is 4.79 Å². The minimum Gasteiger partial charge on any atom is -0.361 e. The number of carbonyl (C=O) groups is 1. The molecule has 1 aliphatic heterocycles. The van der Waals surface area contributed by atoms with Gasteiger partial charge in [-0.1, -0.05) is 36.4 Å². The number of H-pyrrole nitrogens is 1. The highest BCUT2D eigenvalue weighted by molar-refractivity contribution is 5.81. The van der Waals surface area contributed by atoms with Gasteiger partial charge in [0.25, 0.3) is 0 Å². The van der Waals surface area contributed by atoms with Crippen LogP contribution in [0.1, 0.15) is 18.1 Å². The number of nitrogens with one attached hydrogen (secondary N) is 1. The van der Waals surface area contributed by atoms with E-state index in [1.54, 1.807) is 6.20 Å². The first-order valence-electron chi connectivity index (χ1n) is 11.8. The number of amides is 1. The van der Waals surface area contributed by atoms with Crippen molar-refractivity contribution in [3.8, 4) is 11.1 Å². The Balaban J connectivity index is 1.40. The van der Waals surface area contributed by atoms with Gasteiger partial charge in [-0.3, -0.25) is 14.7 Å². The van der Waals surface area contributed by atoms with Crippen LogP contribution in [0.2, 0.25) is 0 Å². The molecule has 0 bridgehead atoms. The van der Waals surface area contributed by atoms with E-state index in [0.29, 0.717) is 0 Å². The van der Waals surface area contributed by atoms with E-state index in [-0.39, 0.29) is 11.8 Å². The SMILES string of the molecule is CCN1CCN(Cc2ccc3[nH]ccc3c2)C[C@H](Cc2ccccc2-c2cccnc2)C1=O. The molecule has 3 heterocycles. The summed E-state index contributed by atoms with van der Waals surface area (Å²) in [5, 5.41) is 1.23. The van der Waals surface area contributed by atoms with Crippen LogP contribution in [0.25, 0.3) is 22.0 Å². The summed E-state index contributed by atoms with van der Waals surface area (Å²) >= 11 is 0. The molecule has 0 aliphatic carbocycles. The van der Waals surface area contributed by atoms with Crippen molar-refractivity contribution in [3.63, 3.8) is 0 Å². The highest BCUT2D eigenvalue weighted by Crippen LogP contribution is 2.27. The number of aromatic amines is 1. The Morgan fingerprint density at radius 1 is 1.06 bits per heavy atom. The fraction of sp³-hybridized carbons (Fsp3) is 0.286. The van der Waals surface area contributed by atoms with Gasteiger partial charge in [0.2, 0.25) is 5.91 Å². The molecular formula is C28H30N4O. The summed E-state index contributed by atoms with van der Waals surface area (Å²) in [6.45, 7) is 6.12. The number of rotatable bonds is 6. The van der Waals surface area contributed by atoms with Gasteiger partial charge in [0.05, 0.1) is 5.92 Å². The fourth-order valence-electron chi connectivity index (χ4n) is 4.95. The van der Waals surface area contributed by atoms with E-state index < -0.39 is 0 Å². The zero-order chi connectivity index (χ0) is 22.6. The number of carbonyl (C=O) groups excluding carboxylic acids is 1. The van der Waals surface area contributed by atoms with Crippen molar-refractivity contribution in [2.75, 3.05) is 26.2 Å². The van der Waals surface area contributed by atoms with Crippen LogP contribution in [-0.2, 0) is 17.8 Å². The smallest absolute Gasteiger partial charge is 0.227 e. The molecule has 5 nitrogen and oxygen atoms in total. The molecule has 168 valence electrons.